The molecular formula is C16H19NO3S. The smallest absolute Gasteiger partial charge is 0.244 e. The van der Waals surface area contributed by atoms with Gasteiger partial charge >= 0.3 is 0 Å². The van der Waals surface area contributed by atoms with Crippen molar-refractivity contribution in [2.24, 2.45) is 0 Å². The van der Waals surface area contributed by atoms with Crippen LogP contribution in [0, 0.1) is 0 Å². The average Bonchev–Trinajstić information content (AvgIpc) is 3.17. The van der Waals surface area contributed by atoms with Gasteiger partial charge in [0.25, 0.3) is 0 Å². The van der Waals surface area contributed by atoms with E-state index in [0.29, 0.717) is 18.2 Å². The standard InChI is InChI=1S/C16H19NO3S/c18-10-8-13(15-4-2-12-21-15)7-9-17-16(19)6-5-14-3-1-11-20-14/h1-6,11-13,18H,7-10H2,(H,17,19)/b6-5+/t13-/m1/s1. The van der Waals surface area contributed by atoms with Gasteiger partial charge in [-0.3, -0.25) is 4.79 Å². The number of amides is 1. The maximum atomic E-state index is 11.7. The van der Waals surface area contributed by atoms with Gasteiger partial charge < -0.3 is 14.8 Å². The summed E-state index contributed by atoms with van der Waals surface area (Å²) < 4.78 is 5.11. The number of carbonyl (C=O) groups is 1. The molecule has 0 spiro atoms. The Kier molecular flexibility index (Phi) is 6.24. The zero-order chi connectivity index (χ0) is 14.9. The van der Waals surface area contributed by atoms with Crippen LogP contribution in [-0.4, -0.2) is 24.2 Å². The monoisotopic (exact) mass is 305 g/mol. The summed E-state index contributed by atoms with van der Waals surface area (Å²) in [4.78, 5) is 12.9. The van der Waals surface area contributed by atoms with Gasteiger partial charge in [-0.2, -0.15) is 0 Å². The number of aliphatic hydroxyl groups excluding tert-OH is 1. The Morgan fingerprint density at radius 3 is 2.95 bits per heavy atom. The van der Waals surface area contributed by atoms with E-state index in [-0.39, 0.29) is 12.5 Å². The Balaban J connectivity index is 1.75. The highest BCUT2D eigenvalue weighted by Crippen LogP contribution is 2.26. The van der Waals surface area contributed by atoms with Gasteiger partial charge in [0.05, 0.1) is 6.26 Å². The average molecular weight is 305 g/mol. The van der Waals surface area contributed by atoms with E-state index in [2.05, 4.69) is 11.4 Å². The minimum atomic E-state index is -0.139. The number of carbonyl (C=O) groups excluding carboxylic acids is 1. The molecule has 0 unspecified atom stereocenters. The molecule has 2 heterocycles. The van der Waals surface area contributed by atoms with E-state index >= 15 is 0 Å². The normalized spacial score (nSPS) is 12.6. The van der Waals surface area contributed by atoms with Crippen LogP contribution in [0.2, 0.25) is 0 Å². The molecule has 2 rings (SSSR count). The Hall–Kier alpha value is -1.85. The second-order valence-corrected chi connectivity index (χ2v) is 5.63. The number of thiophene rings is 1. The summed E-state index contributed by atoms with van der Waals surface area (Å²) in [6.07, 6.45) is 6.21. The molecule has 5 heteroatoms. The largest absolute Gasteiger partial charge is 0.465 e. The molecule has 1 amide bonds. The van der Waals surface area contributed by atoms with Gasteiger partial charge in [-0.05, 0) is 48.4 Å². The zero-order valence-electron chi connectivity index (χ0n) is 11.7. The predicted molar refractivity (Wildman–Crippen MR) is 84.1 cm³/mol. The van der Waals surface area contributed by atoms with Crippen molar-refractivity contribution >= 4 is 23.3 Å². The van der Waals surface area contributed by atoms with Gasteiger partial charge in [-0.25, -0.2) is 0 Å². The highest BCUT2D eigenvalue weighted by atomic mass is 32.1. The summed E-state index contributed by atoms with van der Waals surface area (Å²) in [5.41, 5.74) is 0. The number of nitrogens with one attached hydrogen (secondary N) is 1. The Bertz CT molecular complexity index is 546. The molecule has 0 saturated heterocycles. The van der Waals surface area contributed by atoms with Gasteiger partial charge in [0.15, 0.2) is 0 Å². The van der Waals surface area contributed by atoms with Crippen molar-refractivity contribution in [2.75, 3.05) is 13.2 Å². The summed E-state index contributed by atoms with van der Waals surface area (Å²) in [5.74, 6) is 0.812. The van der Waals surface area contributed by atoms with E-state index in [1.165, 1.54) is 11.0 Å². The van der Waals surface area contributed by atoms with Crippen LogP contribution in [0.25, 0.3) is 6.08 Å². The van der Waals surface area contributed by atoms with Crippen LogP contribution in [0.15, 0.2) is 46.4 Å². The highest BCUT2D eigenvalue weighted by Gasteiger charge is 2.12. The predicted octanol–water partition coefficient (Wildman–Crippen LogP) is 3.03. The van der Waals surface area contributed by atoms with E-state index in [0.717, 1.165) is 12.8 Å². The fraction of sp³-hybridized carbons (Fsp3) is 0.312. The van der Waals surface area contributed by atoms with Gasteiger partial charge in [0.2, 0.25) is 5.91 Å². The molecule has 2 aromatic heterocycles. The van der Waals surface area contributed by atoms with Crippen molar-refractivity contribution in [3.05, 3.63) is 52.6 Å². The van der Waals surface area contributed by atoms with Crippen molar-refractivity contribution in [1.29, 1.82) is 0 Å². The van der Waals surface area contributed by atoms with Gasteiger partial charge in [-0.15, -0.1) is 11.3 Å². The molecule has 4 nitrogen and oxygen atoms in total. The molecule has 0 bridgehead atoms. The molecule has 0 aliphatic carbocycles. The third-order valence-corrected chi connectivity index (χ3v) is 4.19. The third kappa shape index (κ3) is 5.21. The second-order valence-electron chi connectivity index (χ2n) is 4.65. The van der Waals surface area contributed by atoms with Crippen molar-refractivity contribution in [3.63, 3.8) is 0 Å². The van der Waals surface area contributed by atoms with E-state index in [1.54, 1.807) is 35.8 Å². The van der Waals surface area contributed by atoms with Crippen molar-refractivity contribution in [3.8, 4) is 0 Å². The molecule has 0 aliphatic heterocycles. The quantitative estimate of drug-likeness (QED) is 0.737. The van der Waals surface area contributed by atoms with Crippen LogP contribution < -0.4 is 5.32 Å². The first-order valence-electron chi connectivity index (χ1n) is 6.93. The molecule has 0 saturated carbocycles. The SMILES string of the molecule is O=C(/C=C/c1ccco1)NCC[C@H](CCO)c1cccs1. The molecule has 1 atom stereocenters. The van der Waals surface area contributed by atoms with Crippen molar-refractivity contribution in [1.82, 2.24) is 5.32 Å². The molecule has 0 aliphatic rings. The van der Waals surface area contributed by atoms with Crippen molar-refractivity contribution < 1.29 is 14.3 Å². The fourth-order valence-corrected chi connectivity index (χ4v) is 2.98. The molecule has 0 fully saturated rings. The first-order valence-corrected chi connectivity index (χ1v) is 7.81. The summed E-state index contributed by atoms with van der Waals surface area (Å²) in [6, 6.07) is 7.65. The summed E-state index contributed by atoms with van der Waals surface area (Å²) in [6.45, 7) is 0.749. The van der Waals surface area contributed by atoms with E-state index in [1.807, 2.05) is 11.4 Å². The number of hydrogen-bond acceptors (Lipinski definition) is 4. The molecule has 21 heavy (non-hydrogen) atoms. The minimum Gasteiger partial charge on any atom is -0.465 e. The Labute approximate surface area is 128 Å². The lowest BCUT2D eigenvalue weighted by molar-refractivity contribution is -0.116. The molecule has 0 radical (unpaired) electrons. The van der Waals surface area contributed by atoms with Crippen LogP contribution in [0.5, 0.6) is 0 Å². The van der Waals surface area contributed by atoms with Gasteiger partial charge in [0.1, 0.15) is 5.76 Å². The molecule has 2 N–H and O–H groups in total. The van der Waals surface area contributed by atoms with Crippen LogP contribution in [0.1, 0.15) is 29.4 Å². The zero-order valence-corrected chi connectivity index (χ0v) is 12.5. The minimum absolute atomic E-state index is 0.139. The number of hydrogen-bond donors (Lipinski definition) is 2. The fourth-order valence-electron chi connectivity index (χ4n) is 2.08. The first kappa shape index (κ1) is 15.5. The second kappa shape index (κ2) is 8.44. The molecule has 0 aromatic carbocycles. The lowest BCUT2D eigenvalue weighted by Gasteiger charge is -2.14. The van der Waals surface area contributed by atoms with Crippen LogP contribution in [0.4, 0.5) is 0 Å². The summed E-state index contributed by atoms with van der Waals surface area (Å²) >= 11 is 1.69. The first-order chi connectivity index (χ1) is 10.3. The van der Waals surface area contributed by atoms with Crippen molar-refractivity contribution in [2.45, 2.75) is 18.8 Å². The van der Waals surface area contributed by atoms with Crippen LogP contribution in [0.3, 0.4) is 0 Å². The Morgan fingerprint density at radius 1 is 1.38 bits per heavy atom. The lowest BCUT2D eigenvalue weighted by Crippen LogP contribution is -2.23. The third-order valence-electron chi connectivity index (χ3n) is 3.16. The Morgan fingerprint density at radius 2 is 2.29 bits per heavy atom. The highest BCUT2D eigenvalue weighted by molar-refractivity contribution is 7.10. The number of aliphatic hydroxyl groups is 1. The van der Waals surface area contributed by atoms with Crippen LogP contribution in [-0.2, 0) is 4.79 Å². The molecule has 112 valence electrons. The lowest BCUT2D eigenvalue weighted by atomic mass is 10.00. The topological polar surface area (TPSA) is 62.5 Å². The van der Waals surface area contributed by atoms with E-state index in [4.69, 9.17) is 9.52 Å². The van der Waals surface area contributed by atoms with E-state index < -0.39 is 0 Å². The number of furan rings is 1. The molecular weight excluding hydrogens is 286 g/mol. The van der Waals surface area contributed by atoms with E-state index in [9.17, 15) is 4.79 Å². The van der Waals surface area contributed by atoms with Gasteiger partial charge in [0, 0.05) is 24.1 Å². The maximum Gasteiger partial charge on any atom is 0.244 e. The number of rotatable bonds is 8. The maximum absolute atomic E-state index is 11.7. The summed E-state index contributed by atoms with van der Waals surface area (Å²) in [7, 11) is 0. The molecule has 2 aromatic rings. The van der Waals surface area contributed by atoms with Crippen LogP contribution >= 0.6 is 11.3 Å². The summed E-state index contributed by atoms with van der Waals surface area (Å²) in [5, 5.41) is 14.0. The van der Waals surface area contributed by atoms with Gasteiger partial charge in [-0.1, -0.05) is 6.07 Å².